The lowest BCUT2D eigenvalue weighted by Gasteiger charge is -2.31. The van der Waals surface area contributed by atoms with Gasteiger partial charge < -0.3 is 5.32 Å². The number of carbonyl (C=O) groups is 1. The van der Waals surface area contributed by atoms with Gasteiger partial charge in [0.2, 0.25) is 0 Å². The Bertz CT molecular complexity index is 449. The number of thiophene rings is 1. The molecule has 4 heteroatoms. The average Bonchev–Trinajstić information content (AvgIpc) is 3.18. The van der Waals surface area contributed by atoms with Crippen LogP contribution in [0, 0.1) is 11.8 Å². The molecule has 1 N–H and O–H groups in total. The van der Waals surface area contributed by atoms with Crippen LogP contribution in [0.1, 0.15) is 54.6 Å². The van der Waals surface area contributed by atoms with Crippen LogP contribution >= 0.6 is 22.9 Å². The van der Waals surface area contributed by atoms with Crippen LogP contribution in [-0.2, 0) is 0 Å². The van der Waals surface area contributed by atoms with Crippen LogP contribution in [0.2, 0.25) is 4.34 Å². The fourth-order valence-electron chi connectivity index (χ4n) is 3.23. The Kier molecular flexibility index (Phi) is 4.13. The second kappa shape index (κ2) is 5.84. The zero-order valence-corrected chi connectivity index (χ0v) is 12.6. The summed E-state index contributed by atoms with van der Waals surface area (Å²) in [6.45, 7) is 0. The predicted molar refractivity (Wildman–Crippen MR) is 79.9 cm³/mol. The Morgan fingerprint density at radius 3 is 2.42 bits per heavy atom. The number of nitrogens with one attached hydrogen (secondary N) is 1. The summed E-state index contributed by atoms with van der Waals surface area (Å²) < 4.78 is 0.686. The van der Waals surface area contributed by atoms with Gasteiger partial charge >= 0.3 is 0 Å². The molecule has 19 heavy (non-hydrogen) atoms. The second-order valence-corrected chi connectivity index (χ2v) is 7.55. The first-order chi connectivity index (χ1) is 9.24. The van der Waals surface area contributed by atoms with Crippen LogP contribution in [0.5, 0.6) is 0 Å². The van der Waals surface area contributed by atoms with Gasteiger partial charge in [-0.3, -0.25) is 4.79 Å². The molecular formula is C15H20ClNOS. The molecule has 2 aliphatic carbocycles. The third kappa shape index (κ3) is 3.32. The quantitative estimate of drug-likeness (QED) is 0.871. The molecule has 0 saturated heterocycles. The summed E-state index contributed by atoms with van der Waals surface area (Å²) in [5, 5.41) is 3.29. The smallest absolute Gasteiger partial charge is 0.261 e. The van der Waals surface area contributed by atoms with Crippen molar-refractivity contribution in [1.82, 2.24) is 5.32 Å². The highest BCUT2D eigenvalue weighted by Gasteiger charge is 2.38. The fourth-order valence-corrected chi connectivity index (χ4v) is 4.17. The molecule has 1 heterocycles. The highest BCUT2D eigenvalue weighted by atomic mass is 35.5. The van der Waals surface area contributed by atoms with Crippen molar-refractivity contribution in [3.8, 4) is 0 Å². The third-order valence-electron chi connectivity index (χ3n) is 4.38. The van der Waals surface area contributed by atoms with E-state index in [4.69, 9.17) is 11.6 Å². The summed E-state index contributed by atoms with van der Waals surface area (Å²) in [7, 11) is 0. The van der Waals surface area contributed by atoms with Crippen molar-refractivity contribution in [1.29, 1.82) is 0 Å². The van der Waals surface area contributed by atoms with E-state index >= 15 is 0 Å². The molecule has 0 aliphatic heterocycles. The number of rotatable bonds is 4. The maximum absolute atomic E-state index is 12.3. The van der Waals surface area contributed by atoms with Crippen LogP contribution in [0.15, 0.2) is 12.1 Å². The van der Waals surface area contributed by atoms with E-state index in [9.17, 15) is 4.79 Å². The van der Waals surface area contributed by atoms with Crippen LogP contribution in [-0.4, -0.2) is 11.9 Å². The second-order valence-electron chi connectivity index (χ2n) is 5.84. The maximum atomic E-state index is 12.3. The van der Waals surface area contributed by atoms with E-state index in [1.807, 2.05) is 6.07 Å². The standard InChI is InChI=1S/C15H20ClNOS/c16-13-9-8-12(19-13)15(18)17-14(11-6-7-11)10-4-2-1-3-5-10/h8-11,14H,1-7H2,(H,17,18). The van der Waals surface area contributed by atoms with Gasteiger partial charge in [-0.15, -0.1) is 11.3 Å². The summed E-state index contributed by atoms with van der Waals surface area (Å²) in [5.41, 5.74) is 0. The first-order valence-electron chi connectivity index (χ1n) is 7.30. The molecule has 0 bridgehead atoms. The lowest BCUT2D eigenvalue weighted by molar-refractivity contribution is 0.0907. The molecule has 1 aromatic heterocycles. The molecule has 2 saturated carbocycles. The molecule has 2 aliphatic rings. The monoisotopic (exact) mass is 297 g/mol. The van der Waals surface area contributed by atoms with Gasteiger partial charge in [-0.2, -0.15) is 0 Å². The fraction of sp³-hybridized carbons (Fsp3) is 0.667. The summed E-state index contributed by atoms with van der Waals surface area (Å²) in [4.78, 5) is 13.0. The van der Waals surface area contributed by atoms with E-state index in [0.29, 0.717) is 16.3 Å². The van der Waals surface area contributed by atoms with Crippen LogP contribution in [0.25, 0.3) is 0 Å². The molecule has 2 fully saturated rings. The molecule has 1 amide bonds. The zero-order valence-electron chi connectivity index (χ0n) is 11.0. The van der Waals surface area contributed by atoms with Gasteiger partial charge in [0.05, 0.1) is 9.21 Å². The average molecular weight is 298 g/mol. The normalized spacial score (nSPS) is 22.2. The zero-order chi connectivity index (χ0) is 13.2. The van der Waals surface area contributed by atoms with Gasteiger partial charge in [-0.25, -0.2) is 0 Å². The van der Waals surface area contributed by atoms with Crippen LogP contribution < -0.4 is 5.32 Å². The van der Waals surface area contributed by atoms with E-state index in [-0.39, 0.29) is 5.91 Å². The minimum Gasteiger partial charge on any atom is -0.348 e. The molecule has 1 unspecified atom stereocenters. The van der Waals surface area contributed by atoms with Crippen molar-refractivity contribution >= 4 is 28.8 Å². The largest absolute Gasteiger partial charge is 0.348 e. The number of carbonyl (C=O) groups excluding carboxylic acids is 1. The summed E-state index contributed by atoms with van der Waals surface area (Å²) in [5.74, 6) is 1.49. The SMILES string of the molecule is O=C(NC(C1CCCCC1)C1CC1)c1ccc(Cl)s1. The van der Waals surface area contributed by atoms with Gasteiger partial charge in [0.1, 0.15) is 0 Å². The van der Waals surface area contributed by atoms with Crippen molar-refractivity contribution in [2.24, 2.45) is 11.8 Å². The maximum Gasteiger partial charge on any atom is 0.261 e. The van der Waals surface area contributed by atoms with Crippen molar-refractivity contribution in [3.05, 3.63) is 21.3 Å². The number of amides is 1. The van der Waals surface area contributed by atoms with E-state index < -0.39 is 0 Å². The van der Waals surface area contributed by atoms with Crippen molar-refractivity contribution < 1.29 is 4.79 Å². The van der Waals surface area contributed by atoms with Crippen LogP contribution in [0.3, 0.4) is 0 Å². The topological polar surface area (TPSA) is 29.1 Å². The Morgan fingerprint density at radius 1 is 1.16 bits per heavy atom. The van der Waals surface area contributed by atoms with E-state index in [1.165, 1.54) is 56.3 Å². The summed E-state index contributed by atoms with van der Waals surface area (Å²) >= 11 is 7.27. The predicted octanol–water partition coefficient (Wildman–Crippen LogP) is 4.49. The molecule has 1 atom stereocenters. The highest BCUT2D eigenvalue weighted by molar-refractivity contribution is 7.17. The Hall–Kier alpha value is -0.540. The van der Waals surface area contributed by atoms with E-state index in [2.05, 4.69) is 5.32 Å². The van der Waals surface area contributed by atoms with Gasteiger partial charge in [-0.1, -0.05) is 30.9 Å². The number of hydrogen-bond acceptors (Lipinski definition) is 2. The minimum absolute atomic E-state index is 0.0689. The van der Waals surface area contributed by atoms with Crippen molar-refractivity contribution in [3.63, 3.8) is 0 Å². The van der Waals surface area contributed by atoms with E-state index in [1.54, 1.807) is 6.07 Å². The van der Waals surface area contributed by atoms with Crippen LogP contribution in [0.4, 0.5) is 0 Å². The van der Waals surface area contributed by atoms with Gasteiger partial charge in [-0.05, 0) is 49.7 Å². The summed E-state index contributed by atoms with van der Waals surface area (Å²) in [6, 6.07) is 4.02. The molecule has 0 radical (unpaired) electrons. The highest BCUT2D eigenvalue weighted by Crippen LogP contribution is 2.40. The Morgan fingerprint density at radius 2 is 1.84 bits per heavy atom. The number of hydrogen-bond donors (Lipinski definition) is 1. The third-order valence-corrected chi connectivity index (χ3v) is 5.61. The first-order valence-corrected chi connectivity index (χ1v) is 8.49. The molecule has 3 rings (SSSR count). The van der Waals surface area contributed by atoms with Crippen molar-refractivity contribution in [2.45, 2.75) is 51.0 Å². The number of halogens is 1. The Labute approximate surface area is 123 Å². The molecule has 2 nitrogen and oxygen atoms in total. The Balaban J connectivity index is 1.65. The molecular weight excluding hydrogens is 278 g/mol. The molecule has 0 aromatic carbocycles. The van der Waals surface area contributed by atoms with Gasteiger partial charge in [0, 0.05) is 6.04 Å². The van der Waals surface area contributed by atoms with Crippen molar-refractivity contribution in [2.75, 3.05) is 0 Å². The van der Waals surface area contributed by atoms with Gasteiger partial charge in [0.15, 0.2) is 0 Å². The first kappa shape index (κ1) is 13.4. The van der Waals surface area contributed by atoms with Gasteiger partial charge in [0.25, 0.3) is 5.91 Å². The molecule has 104 valence electrons. The lowest BCUT2D eigenvalue weighted by atomic mass is 9.82. The minimum atomic E-state index is 0.0689. The summed E-state index contributed by atoms with van der Waals surface area (Å²) in [6.07, 6.45) is 9.16. The van der Waals surface area contributed by atoms with E-state index in [0.717, 1.165) is 10.8 Å². The molecule has 1 aromatic rings. The lowest BCUT2D eigenvalue weighted by Crippen LogP contribution is -2.42. The molecule has 0 spiro atoms.